The number of ether oxygens (including phenoxy) is 1. The van der Waals surface area contributed by atoms with Gasteiger partial charge < -0.3 is 9.84 Å². The van der Waals surface area contributed by atoms with Gasteiger partial charge in [-0.05, 0) is 19.8 Å². The Hall–Kier alpha value is -0.0800. The molecule has 0 aromatic rings. The first-order chi connectivity index (χ1) is 5.25. The quantitative estimate of drug-likeness (QED) is 0.661. The Labute approximate surface area is 68.6 Å². The molecule has 0 spiro atoms. The number of hydrogen-bond donors (Lipinski definition) is 1. The second-order valence-electron chi connectivity index (χ2n) is 3.46. The summed E-state index contributed by atoms with van der Waals surface area (Å²) in [5.41, 5.74) is 0. The number of hydrogen-bond acceptors (Lipinski definition) is 2. The maximum atomic E-state index is 9.40. The summed E-state index contributed by atoms with van der Waals surface area (Å²) in [6.07, 6.45) is 4.82. The molecule has 0 bridgehead atoms. The molecule has 11 heavy (non-hydrogen) atoms. The Morgan fingerprint density at radius 3 is 2.45 bits per heavy atom. The van der Waals surface area contributed by atoms with Crippen LogP contribution in [0.25, 0.3) is 0 Å². The largest absolute Gasteiger partial charge is 0.393 e. The van der Waals surface area contributed by atoms with Crippen molar-refractivity contribution in [3.63, 3.8) is 0 Å². The molecule has 3 atom stereocenters. The fourth-order valence-electron chi connectivity index (χ4n) is 1.97. The Bertz CT molecular complexity index is 112. The number of rotatable bonds is 2. The third-order valence-corrected chi connectivity index (χ3v) is 2.68. The Kier molecular flexibility index (Phi) is 3.34. The summed E-state index contributed by atoms with van der Waals surface area (Å²) in [6, 6.07) is 0. The molecule has 66 valence electrons. The zero-order valence-corrected chi connectivity index (χ0v) is 7.42. The van der Waals surface area contributed by atoms with Gasteiger partial charge in [-0.25, -0.2) is 0 Å². The van der Waals surface area contributed by atoms with Crippen LogP contribution in [0.5, 0.6) is 0 Å². The number of aliphatic hydroxyl groups is 1. The predicted molar refractivity (Wildman–Crippen MR) is 44.4 cm³/mol. The van der Waals surface area contributed by atoms with Gasteiger partial charge in [0, 0.05) is 13.0 Å². The summed E-state index contributed by atoms with van der Waals surface area (Å²) in [5, 5.41) is 9.40. The van der Waals surface area contributed by atoms with Crippen molar-refractivity contribution in [1.29, 1.82) is 0 Å². The van der Waals surface area contributed by atoms with Crippen LogP contribution in [0, 0.1) is 5.92 Å². The van der Waals surface area contributed by atoms with E-state index in [2.05, 4.69) is 0 Å². The van der Waals surface area contributed by atoms with E-state index >= 15 is 0 Å². The van der Waals surface area contributed by atoms with Crippen molar-refractivity contribution in [3.05, 3.63) is 0 Å². The van der Waals surface area contributed by atoms with E-state index in [9.17, 15) is 5.11 Å². The summed E-state index contributed by atoms with van der Waals surface area (Å²) in [7, 11) is 1.74. The molecule has 1 aliphatic carbocycles. The minimum Gasteiger partial charge on any atom is -0.393 e. The lowest BCUT2D eigenvalue weighted by Crippen LogP contribution is -2.34. The lowest BCUT2D eigenvalue weighted by Gasteiger charge is -2.32. The monoisotopic (exact) mass is 158 g/mol. The van der Waals surface area contributed by atoms with E-state index in [-0.39, 0.29) is 6.10 Å². The van der Waals surface area contributed by atoms with Crippen LogP contribution in [0.4, 0.5) is 0 Å². The standard InChI is InChI=1S/C9H18O2/c1-7(10)8-5-3-4-6-9(8)11-2/h7-10H,3-6H2,1-2H3. The molecule has 0 aromatic heterocycles. The van der Waals surface area contributed by atoms with Crippen molar-refractivity contribution in [2.75, 3.05) is 7.11 Å². The second kappa shape index (κ2) is 4.07. The molecule has 0 saturated heterocycles. The molecular weight excluding hydrogens is 140 g/mol. The average molecular weight is 158 g/mol. The van der Waals surface area contributed by atoms with Crippen LogP contribution in [-0.2, 0) is 4.74 Å². The van der Waals surface area contributed by atoms with Gasteiger partial charge in [-0.2, -0.15) is 0 Å². The molecule has 0 heterocycles. The highest BCUT2D eigenvalue weighted by molar-refractivity contribution is 4.78. The number of aliphatic hydroxyl groups excluding tert-OH is 1. The zero-order valence-electron chi connectivity index (χ0n) is 7.42. The average Bonchev–Trinajstić information content (AvgIpc) is 2.04. The van der Waals surface area contributed by atoms with Gasteiger partial charge in [0.05, 0.1) is 12.2 Å². The van der Waals surface area contributed by atoms with Gasteiger partial charge in [-0.15, -0.1) is 0 Å². The fraction of sp³-hybridized carbons (Fsp3) is 1.00. The molecule has 0 aromatic carbocycles. The van der Waals surface area contributed by atoms with Gasteiger partial charge in [0.15, 0.2) is 0 Å². The molecule has 2 heteroatoms. The Morgan fingerprint density at radius 1 is 1.36 bits per heavy atom. The van der Waals surface area contributed by atoms with Crippen molar-refractivity contribution in [2.24, 2.45) is 5.92 Å². The topological polar surface area (TPSA) is 29.5 Å². The van der Waals surface area contributed by atoms with E-state index in [0.717, 1.165) is 12.8 Å². The minimum atomic E-state index is -0.208. The molecule has 2 nitrogen and oxygen atoms in total. The molecular formula is C9H18O2. The van der Waals surface area contributed by atoms with E-state index < -0.39 is 0 Å². The zero-order chi connectivity index (χ0) is 8.27. The second-order valence-corrected chi connectivity index (χ2v) is 3.46. The van der Waals surface area contributed by atoms with Crippen molar-refractivity contribution < 1.29 is 9.84 Å². The van der Waals surface area contributed by atoms with Gasteiger partial charge in [-0.3, -0.25) is 0 Å². The van der Waals surface area contributed by atoms with Crippen molar-refractivity contribution in [3.8, 4) is 0 Å². The first-order valence-electron chi connectivity index (χ1n) is 4.46. The predicted octanol–water partition coefficient (Wildman–Crippen LogP) is 1.57. The lowest BCUT2D eigenvalue weighted by molar-refractivity contribution is -0.0300. The highest BCUT2D eigenvalue weighted by atomic mass is 16.5. The summed E-state index contributed by atoms with van der Waals surface area (Å²) in [5.74, 6) is 0.369. The van der Waals surface area contributed by atoms with Gasteiger partial charge in [0.25, 0.3) is 0 Å². The summed E-state index contributed by atoms with van der Waals surface area (Å²) < 4.78 is 5.31. The van der Waals surface area contributed by atoms with Gasteiger partial charge >= 0.3 is 0 Å². The first kappa shape index (κ1) is 9.01. The highest BCUT2D eigenvalue weighted by Crippen LogP contribution is 2.28. The van der Waals surface area contributed by atoms with Crippen LogP contribution < -0.4 is 0 Å². The van der Waals surface area contributed by atoms with Crippen LogP contribution in [-0.4, -0.2) is 24.4 Å². The third kappa shape index (κ3) is 2.17. The first-order valence-corrected chi connectivity index (χ1v) is 4.46. The summed E-state index contributed by atoms with van der Waals surface area (Å²) in [4.78, 5) is 0. The fourth-order valence-corrected chi connectivity index (χ4v) is 1.97. The normalized spacial score (nSPS) is 35.2. The van der Waals surface area contributed by atoms with E-state index in [1.54, 1.807) is 7.11 Å². The molecule has 1 aliphatic rings. The molecule has 1 fully saturated rings. The van der Waals surface area contributed by atoms with Gasteiger partial charge in [0.2, 0.25) is 0 Å². The lowest BCUT2D eigenvalue weighted by atomic mass is 9.83. The molecule has 1 N–H and O–H groups in total. The van der Waals surface area contributed by atoms with Gasteiger partial charge in [0.1, 0.15) is 0 Å². The molecule has 1 rings (SSSR count). The molecule has 3 unspecified atom stereocenters. The molecule has 1 saturated carbocycles. The molecule has 0 amide bonds. The van der Waals surface area contributed by atoms with Crippen LogP contribution in [0.1, 0.15) is 32.6 Å². The van der Waals surface area contributed by atoms with Crippen molar-refractivity contribution in [1.82, 2.24) is 0 Å². The van der Waals surface area contributed by atoms with Crippen LogP contribution >= 0.6 is 0 Å². The third-order valence-electron chi connectivity index (χ3n) is 2.68. The molecule has 0 aliphatic heterocycles. The summed E-state index contributed by atoms with van der Waals surface area (Å²) in [6.45, 7) is 1.86. The SMILES string of the molecule is COC1CCCCC1C(C)O. The van der Waals surface area contributed by atoms with E-state index in [1.807, 2.05) is 6.92 Å². The maximum absolute atomic E-state index is 9.40. The summed E-state index contributed by atoms with van der Waals surface area (Å²) >= 11 is 0. The highest BCUT2D eigenvalue weighted by Gasteiger charge is 2.28. The van der Waals surface area contributed by atoms with Crippen LogP contribution in [0.15, 0.2) is 0 Å². The van der Waals surface area contributed by atoms with E-state index in [0.29, 0.717) is 12.0 Å². The molecule has 0 radical (unpaired) electrons. The van der Waals surface area contributed by atoms with E-state index in [1.165, 1.54) is 12.8 Å². The van der Waals surface area contributed by atoms with E-state index in [4.69, 9.17) is 4.74 Å². The minimum absolute atomic E-state index is 0.208. The Balaban J connectivity index is 2.44. The van der Waals surface area contributed by atoms with Crippen molar-refractivity contribution in [2.45, 2.75) is 44.8 Å². The van der Waals surface area contributed by atoms with Gasteiger partial charge in [-0.1, -0.05) is 12.8 Å². The van der Waals surface area contributed by atoms with Crippen LogP contribution in [0.3, 0.4) is 0 Å². The number of methoxy groups -OCH3 is 1. The maximum Gasteiger partial charge on any atom is 0.0624 e. The van der Waals surface area contributed by atoms with Crippen LogP contribution in [0.2, 0.25) is 0 Å². The van der Waals surface area contributed by atoms with Crippen molar-refractivity contribution >= 4 is 0 Å². The smallest absolute Gasteiger partial charge is 0.0624 e. The Morgan fingerprint density at radius 2 is 2.00 bits per heavy atom.